The highest BCUT2D eigenvalue weighted by Gasteiger charge is 2.30. The van der Waals surface area contributed by atoms with Crippen LogP contribution in [0, 0.1) is 0 Å². The van der Waals surface area contributed by atoms with Gasteiger partial charge < -0.3 is 5.73 Å². The predicted molar refractivity (Wildman–Crippen MR) is 58.4 cm³/mol. The van der Waals surface area contributed by atoms with Crippen LogP contribution in [-0.2, 0) is 12.6 Å². The molecule has 0 heterocycles. The first-order chi connectivity index (χ1) is 7.30. The Bertz CT molecular complexity index is 361. The van der Waals surface area contributed by atoms with Crippen molar-refractivity contribution in [3.05, 3.63) is 34.3 Å². The van der Waals surface area contributed by atoms with Crippen molar-refractivity contribution in [3.63, 3.8) is 0 Å². The largest absolute Gasteiger partial charge is 0.416 e. The number of nitrogens with two attached hydrogens (primary N) is 1. The first kappa shape index (κ1) is 13.3. The fourth-order valence-corrected chi connectivity index (χ4v) is 1.54. The lowest BCUT2D eigenvalue weighted by atomic mass is 10.0. The quantitative estimate of drug-likeness (QED) is 0.872. The van der Waals surface area contributed by atoms with E-state index in [0.717, 1.165) is 12.1 Å². The van der Waals surface area contributed by atoms with E-state index in [1.807, 2.05) is 6.92 Å². The molecular formula is C11H13ClF3N. The highest BCUT2D eigenvalue weighted by molar-refractivity contribution is 6.31. The third-order valence-electron chi connectivity index (χ3n) is 2.24. The van der Waals surface area contributed by atoms with Crippen LogP contribution in [0.5, 0.6) is 0 Å². The monoisotopic (exact) mass is 251 g/mol. The first-order valence-corrected chi connectivity index (χ1v) is 5.29. The Morgan fingerprint density at radius 2 is 2.00 bits per heavy atom. The van der Waals surface area contributed by atoms with Gasteiger partial charge in [-0.25, -0.2) is 0 Å². The zero-order valence-electron chi connectivity index (χ0n) is 8.81. The van der Waals surface area contributed by atoms with Crippen LogP contribution < -0.4 is 5.73 Å². The number of hydrogen-bond acceptors (Lipinski definition) is 1. The standard InChI is InChI=1S/C11H13ClF3N/c1-7(16)2-3-8-6-9(11(13,14)15)4-5-10(8)12/h4-7H,2-3,16H2,1H3. The van der Waals surface area contributed by atoms with Gasteiger partial charge in [0.2, 0.25) is 0 Å². The SMILES string of the molecule is CC(N)CCc1cc(C(F)(F)F)ccc1Cl. The van der Waals surface area contributed by atoms with Crippen molar-refractivity contribution in [2.24, 2.45) is 5.73 Å². The molecule has 0 aliphatic carbocycles. The molecule has 0 saturated heterocycles. The molecule has 1 atom stereocenters. The lowest BCUT2D eigenvalue weighted by Crippen LogP contribution is -2.15. The smallest absolute Gasteiger partial charge is 0.328 e. The summed E-state index contributed by atoms with van der Waals surface area (Å²) < 4.78 is 37.3. The molecule has 0 saturated carbocycles. The summed E-state index contributed by atoms with van der Waals surface area (Å²) in [4.78, 5) is 0. The van der Waals surface area contributed by atoms with Crippen LogP contribution in [0.4, 0.5) is 13.2 Å². The third-order valence-corrected chi connectivity index (χ3v) is 2.61. The molecule has 0 aliphatic rings. The fourth-order valence-electron chi connectivity index (χ4n) is 1.33. The summed E-state index contributed by atoms with van der Waals surface area (Å²) in [5.74, 6) is 0. The van der Waals surface area contributed by atoms with E-state index in [1.165, 1.54) is 6.07 Å². The summed E-state index contributed by atoms with van der Waals surface area (Å²) in [6.45, 7) is 1.81. The van der Waals surface area contributed by atoms with Gasteiger partial charge in [0.1, 0.15) is 0 Å². The molecule has 0 aliphatic heterocycles. The minimum atomic E-state index is -4.33. The molecule has 1 aromatic rings. The van der Waals surface area contributed by atoms with E-state index in [0.29, 0.717) is 23.4 Å². The topological polar surface area (TPSA) is 26.0 Å². The van der Waals surface area contributed by atoms with E-state index in [-0.39, 0.29) is 6.04 Å². The molecule has 16 heavy (non-hydrogen) atoms. The van der Waals surface area contributed by atoms with Crippen molar-refractivity contribution < 1.29 is 13.2 Å². The van der Waals surface area contributed by atoms with Crippen molar-refractivity contribution in [1.82, 2.24) is 0 Å². The van der Waals surface area contributed by atoms with Crippen LogP contribution in [0.25, 0.3) is 0 Å². The van der Waals surface area contributed by atoms with Crippen molar-refractivity contribution >= 4 is 11.6 Å². The van der Waals surface area contributed by atoms with Gasteiger partial charge in [-0.3, -0.25) is 0 Å². The minimum absolute atomic E-state index is 0.0504. The predicted octanol–water partition coefficient (Wildman–Crippen LogP) is 3.64. The van der Waals surface area contributed by atoms with Crippen molar-refractivity contribution in [1.29, 1.82) is 0 Å². The molecule has 0 bridgehead atoms. The van der Waals surface area contributed by atoms with Crippen LogP contribution in [0.15, 0.2) is 18.2 Å². The van der Waals surface area contributed by atoms with Gasteiger partial charge in [0.15, 0.2) is 0 Å². The van der Waals surface area contributed by atoms with Crippen molar-refractivity contribution in [3.8, 4) is 0 Å². The molecule has 1 unspecified atom stereocenters. The van der Waals surface area contributed by atoms with Gasteiger partial charge in [-0.2, -0.15) is 13.2 Å². The van der Waals surface area contributed by atoms with Crippen LogP contribution in [-0.4, -0.2) is 6.04 Å². The zero-order valence-corrected chi connectivity index (χ0v) is 9.57. The number of hydrogen-bond donors (Lipinski definition) is 1. The van der Waals surface area contributed by atoms with Crippen LogP contribution in [0.1, 0.15) is 24.5 Å². The van der Waals surface area contributed by atoms with Gasteiger partial charge >= 0.3 is 6.18 Å². The van der Waals surface area contributed by atoms with Gasteiger partial charge in [-0.15, -0.1) is 0 Å². The summed E-state index contributed by atoms with van der Waals surface area (Å²) in [6, 6.07) is 3.30. The van der Waals surface area contributed by atoms with E-state index < -0.39 is 11.7 Å². The minimum Gasteiger partial charge on any atom is -0.328 e. The number of rotatable bonds is 3. The summed E-state index contributed by atoms with van der Waals surface area (Å²) in [5, 5.41) is 0.355. The van der Waals surface area contributed by atoms with E-state index in [4.69, 9.17) is 17.3 Å². The van der Waals surface area contributed by atoms with Crippen LogP contribution in [0.2, 0.25) is 5.02 Å². The van der Waals surface area contributed by atoms with Crippen LogP contribution >= 0.6 is 11.6 Å². The Kier molecular flexibility index (Phi) is 4.21. The van der Waals surface area contributed by atoms with Gasteiger partial charge in [-0.05, 0) is 43.5 Å². The Morgan fingerprint density at radius 1 is 1.38 bits per heavy atom. The van der Waals surface area contributed by atoms with Crippen LogP contribution in [0.3, 0.4) is 0 Å². The molecule has 1 rings (SSSR count). The molecule has 1 nitrogen and oxygen atoms in total. The van der Waals surface area contributed by atoms with Gasteiger partial charge in [-0.1, -0.05) is 11.6 Å². The second-order valence-electron chi connectivity index (χ2n) is 3.82. The molecule has 0 amide bonds. The second kappa shape index (κ2) is 5.06. The molecule has 2 N–H and O–H groups in total. The lowest BCUT2D eigenvalue weighted by Gasteiger charge is -2.11. The van der Waals surface area contributed by atoms with Crippen molar-refractivity contribution in [2.75, 3.05) is 0 Å². The number of aryl methyl sites for hydroxylation is 1. The molecule has 0 fully saturated rings. The number of alkyl halides is 3. The Balaban J connectivity index is 2.91. The summed E-state index contributed by atoms with van der Waals surface area (Å²) in [6.07, 6.45) is -3.25. The van der Waals surface area contributed by atoms with Gasteiger partial charge in [0, 0.05) is 11.1 Å². The van der Waals surface area contributed by atoms with E-state index in [9.17, 15) is 13.2 Å². The molecule has 1 aromatic carbocycles. The Morgan fingerprint density at radius 3 is 2.50 bits per heavy atom. The highest BCUT2D eigenvalue weighted by atomic mass is 35.5. The lowest BCUT2D eigenvalue weighted by molar-refractivity contribution is -0.137. The Labute approximate surface area is 97.4 Å². The van der Waals surface area contributed by atoms with Crippen molar-refractivity contribution in [2.45, 2.75) is 32.0 Å². The first-order valence-electron chi connectivity index (χ1n) is 4.92. The molecule has 0 radical (unpaired) electrons. The van der Waals surface area contributed by atoms with Gasteiger partial charge in [0.05, 0.1) is 5.56 Å². The molecule has 5 heteroatoms. The fraction of sp³-hybridized carbons (Fsp3) is 0.455. The number of halogens is 4. The second-order valence-corrected chi connectivity index (χ2v) is 4.23. The maximum Gasteiger partial charge on any atom is 0.416 e. The highest BCUT2D eigenvalue weighted by Crippen LogP contribution is 2.32. The average Bonchev–Trinajstić information content (AvgIpc) is 2.14. The molecule has 0 aromatic heterocycles. The van der Waals surface area contributed by atoms with E-state index in [2.05, 4.69) is 0 Å². The van der Waals surface area contributed by atoms with Gasteiger partial charge in [0.25, 0.3) is 0 Å². The molecule has 90 valence electrons. The average molecular weight is 252 g/mol. The zero-order chi connectivity index (χ0) is 12.3. The normalized spacial score (nSPS) is 13.9. The maximum absolute atomic E-state index is 12.4. The van der Waals surface area contributed by atoms with E-state index >= 15 is 0 Å². The summed E-state index contributed by atoms with van der Waals surface area (Å²) in [7, 11) is 0. The Hall–Kier alpha value is -0.740. The summed E-state index contributed by atoms with van der Waals surface area (Å²) in [5.41, 5.74) is 5.37. The molecule has 0 spiro atoms. The maximum atomic E-state index is 12.4. The molecular weight excluding hydrogens is 239 g/mol. The van der Waals surface area contributed by atoms with E-state index in [1.54, 1.807) is 0 Å². The summed E-state index contributed by atoms with van der Waals surface area (Å²) >= 11 is 5.82. The third kappa shape index (κ3) is 3.68. The number of benzene rings is 1.